The van der Waals surface area contributed by atoms with E-state index in [4.69, 9.17) is 4.74 Å². The van der Waals surface area contributed by atoms with Crippen LogP contribution < -0.4 is 4.74 Å². The molecule has 4 rings (SSSR count). The third-order valence-corrected chi connectivity index (χ3v) is 4.74. The monoisotopic (exact) mass is 384 g/mol. The van der Waals surface area contributed by atoms with Gasteiger partial charge in [0.1, 0.15) is 18.6 Å². The molecule has 0 bridgehead atoms. The molecule has 0 N–H and O–H groups in total. The summed E-state index contributed by atoms with van der Waals surface area (Å²) in [4.78, 5) is 10.9. The van der Waals surface area contributed by atoms with Crippen molar-refractivity contribution in [2.24, 2.45) is 0 Å². The van der Waals surface area contributed by atoms with Crippen LogP contribution in [0.25, 0.3) is 5.57 Å². The van der Waals surface area contributed by atoms with Crippen LogP contribution in [-0.2, 0) is 13.0 Å². The highest BCUT2D eigenvalue weighted by Crippen LogP contribution is 2.34. The van der Waals surface area contributed by atoms with Gasteiger partial charge in [0.2, 0.25) is 0 Å². The maximum absolute atomic E-state index is 10.9. The number of rotatable bonds is 5. The maximum atomic E-state index is 10.9. The number of benzene rings is 3. The minimum atomic E-state index is 0.579. The summed E-state index contributed by atoms with van der Waals surface area (Å²) in [6, 6.07) is 24.3. The first-order valence-corrected chi connectivity index (χ1v) is 10.3. The molecule has 0 aliphatic heterocycles. The van der Waals surface area contributed by atoms with Crippen molar-refractivity contribution in [1.82, 2.24) is 0 Å². The van der Waals surface area contributed by atoms with Crippen LogP contribution in [0.15, 0.2) is 78.9 Å². The first kappa shape index (κ1) is 20.6. The highest BCUT2D eigenvalue weighted by atomic mass is 16.5. The Morgan fingerprint density at radius 3 is 2.34 bits per heavy atom. The van der Waals surface area contributed by atoms with Gasteiger partial charge in [0.15, 0.2) is 0 Å². The van der Waals surface area contributed by atoms with Crippen LogP contribution in [0.1, 0.15) is 59.3 Å². The zero-order chi connectivity index (χ0) is 20.5. The second-order valence-corrected chi connectivity index (χ2v) is 7.20. The van der Waals surface area contributed by atoms with Gasteiger partial charge in [-0.05, 0) is 52.8 Å². The largest absolute Gasteiger partial charge is 0.489 e. The molecule has 0 atom stereocenters. The Bertz CT molecular complexity index is 954. The van der Waals surface area contributed by atoms with Gasteiger partial charge in [-0.15, -0.1) is 0 Å². The van der Waals surface area contributed by atoms with E-state index < -0.39 is 0 Å². The third-order valence-electron chi connectivity index (χ3n) is 4.74. The molecular formula is C27H28O2. The Morgan fingerprint density at radius 1 is 0.931 bits per heavy atom. The van der Waals surface area contributed by atoms with Crippen molar-refractivity contribution in [1.29, 1.82) is 0 Å². The molecule has 1 aliphatic carbocycles. The second kappa shape index (κ2) is 10.4. The molecule has 3 aromatic carbocycles. The van der Waals surface area contributed by atoms with Crippen LogP contribution in [0.4, 0.5) is 0 Å². The van der Waals surface area contributed by atoms with Gasteiger partial charge < -0.3 is 4.74 Å². The fourth-order valence-corrected chi connectivity index (χ4v) is 3.37. The molecule has 0 heterocycles. The van der Waals surface area contributed by atoms with Gasteiger partial charge in [-0.25, -0.2) is 0 Å². The summed E-state index contributed by atoms with van der Waals surface area (Å²) in [5, 5.41) is 0. The van der Waals surface area contributed by atoms with Crippen LogP contribution in [0, 0.1) is 0 Å². The SMILES string of the molecule is CCC.O=Cc1ccc(C2=CCCc3cc(OCc4ccccc4)ccc32)cc1. The normalized spacial score (nSPS) is 12.1. The molecule has 3 aromatic rings. The van der Waals surface area contributed by atoms with Crippen LogP contribution in [0.3, 0.4) is 0 Å². The number of ether oxygens (including phenoxy) is 1. The van der Waals surface area contributed by atoms with E-state index in [9.17, 15) is 4.79 Å². The second-order valence-electron chi connectivity index (χ2n) is 7.20. The van der Waals surface area contributed by atoms with Gasteiger partial charge in [0.25, 0.3) is 0 Å². The molecule has 148 valence electrons. The van der Waals surface area contributed by atoms with E-state index in [2.05, 4.69) is 44.2 Å². The molecule has 2 nitrogen and oxygen atoms in total. The number of fused-ring (bicyclic) bond motifs is 1. The first-order chi connectivity index (χ1) is 14.2. The molecule has 29 heavy (non-hydrogen) atoms. The molecular weight excluding hydrogens is 356 g/mol. The zero-order valence-electron chi connectivity index (χ0n) is 17.2. The fourth-order valence-electron chi connectivity index (χ4n) is 3.37. The molecule has 0 unspecified atom stereocenters. The van der Waals surface area contributed by atoms with Gasteiger partial charge >= 0.3 is 0 Å². The molecule has 0 saturated carbocycles. The van der Waals surface area contributed by atoms with Gasteiger partial charge in [-0.1, -0.05) is 87.0 Å². The third kappa shape index (κ3) is 5.45. The van der Waals surface area contributed by atoms with E-state index in [0.717, 1.165) is 30.4 Å². The van der Waals surface area contributed by atoms with E-state index >= 15 is 0 Å². The molecule has 1 aliphatic rings. The van der Waals surface area contributed by atoms with Crippen LogP contribution >= 0.6 is 0 Å². The van der Waals surface area contributed by atoms with E-state index in [0.29, 0.717) is 12.2 Å². The van der Waals surface area contributed by atoms with Crippen LogP contribution in [0.5, 0.6) is 5.75 Å². The van der Waals surface area contributed by atoms with Crippen molar-refractivity contribution in [3.8, 4) is 5.75 Å². The average Bonchev–Trinajstić information content (AvgIpc) is 2.78. The summed E-state index contributed by atoms with van der Waals surface area (Å²) in [5.74, 6) is 0.908. The predicted molar refractivity (Wildman–Crippen MR) is 120 cm³/mol. The van der Waals surface area contributed by atoms with Crippen molar-refractivity contribution in [2.45, 2.75) is 39.7 Å². The van der Waals surface area contributed by atoms with Crippen molar-refractivity contribution in [2.75, 3.05) is 0 Å². The minimum absolute atomic E-state index is 0.579. The smallest absolute Gasteiger partial charge is 0.150 e. The average molecular weight is 385 g/mol. The molecule has 0 radical (unpaired) electrons. The number of allylic oxidation sites excluding steroid dienone is 1. The van der Waals surface area contributed by atoms with E-state index in [1.54, 1.807) is 0 Å². The van der Waals surface area contributed by atoms with E-state index in [1.807, 2.05) is 48.5 Å². The molecule has 0 spiro atoms. The highest BCUT2D eigenvalue weighted by molar-refractivity contribution is 5.84. The van der Waals surface area contributed by atoms with Gasteiger partial charge in [0, 0.05) is 5.56 Å². The topological polar surface area (TPSA) is 26.3 Å². The predicted octanol–water partition coefficient (Wildman–Crippen LogP) is 6.87. The van der Waals surface area contributed by atoms with E-state index in [-0.39, 0.29) is 0 Å². The first-order valence-electron chi connectivity index (χ1n) is 10.3. The Morgan fingerprint density at radius 2 is 1.66 bits per heavy atom. The number of carbonyl (C=O) groups excluding carboxylic acids is 1. The van der Waals surface area contributed by atoms with Gasteiger partial charge in [0.05, 0.1) is 0 Å². The van der Waals surface area contributed by atoms with Crippen LogP contribution in [0.2, 0.25) is 0 Å². The summed E-state index contributed by atoms with van der Waals surface area (Å²) in [6.45, 7) is 4.83. The molecule has 0 saturated heterocycles. The lowest BCUT2D eigenvalue weighted by atomic mass is 9.86. The Hall–Kier alpha value is -3.13. The number of aryl methyl sites for hydroxylation is 1. The maximum Gasteiger partial charge on any atom is 0.150 e. The highest BCUT2D eigenvalue weighted by Gasteiger charge is 2.15. The summed E-state index contributed by atoms with van der Waals surface area (Å²) in [6.07, 6.45) is 6.44. The fraction of sp³-hybridized carbons (Fsp3) is 0.222. The van der Waals surface area contributed by atoms with Crippen molar-refractivity contribution in [3.05, 3.63) is 107 Å². The summed E-state index contributed by atoms with van der Waals surface area (Å²) >= 11 is 0. The Labute approximate surface area is 173 Å². The Balaban J connectivity index is 0.000000755. The summed E-state index contributed by atoms with van der Waals surface area (Å²) < 4.78 is 5.97. The van der Waals surface area contributed by atoms with E-state index in [1.165, 1.54) is 28.7 Å². The quantitative estimate of drug-likeness (QED) is 0.449. The molecule has 2 heteroatoms. The molecule has 0 fully saturated rings. The van der Waals surface area contributed by atoms with Crippen LogP contribution in [-0.4, -0.2) is 6.29 Å². The summed E-state index contributed by atoms with van der Waals surface area (Å²) in [7, 11) is 0. The number of carbonyl (C=O) groups is 1. The number of aldehydes is 1. The lowest BCUT2D eigenvalue weighted by Crippen LogP contribution is -2.03. The summed E-state index contributed by atoms with van der Waals surface area (Å²) in [5.41, 5.74) is 6.82. The van der Waals surface area contributed by atoms with Gasteiger partial charge in [-0.2, -0.15) is 0 Å². The lowest BCUT2D eigenvalue weighted by Gasteiger charge is -2.19. The van der Waals surface area contributed by atoms with Crippen molar-refractivity contribution in [3.63, 3.8) is 0 Å². The lowest BCUT2D eigenvalue weighted by molar-refractivity contribution is 0.112. The molecule has 0 amide bonds. The zero-order valence-corrected chi connectivity index (χ0v) is 17.2. The minimum Gasteiger partial charge on any atom is -0.489 e. The molecule has 0 aromatic heterocycles. The number of hydrogen-bond donors (Lipinski definition) is 0. The van der Waals surface area contributed by atoms with Gasteiger partial charge in [-0.3, -0.25) is 4.79 Å². The van der Waals surface area contributed by atoms with Crippen molar-refractivity contribution < 1.29 is 9.53 Å². The standard InChI is InChI=1S/C24H20O2.C3H8/c25-16-18-9-11-20(12-10-18)23-8-4-7-21-15-22(13-14-24(21)23)26-17-19-5-2-1-3-6-19;1-3-2/h1-3,5-6,8-16H,4,7,17H2;3H2,1-2H3. The Kier molecular flexibility index (Phi) is 7.40. The number of hydrogen-bond acceptors (Lipinski definition) is 2. The van der Waals surface area contributed by atoms with Crippen molar-refractivity contribution >= 4 is 11.9 Å².